The third-order valence-electron chi connectivity index (χ3n) is 3.50. The van der Waals surface area contributed by atoms with E-state index in [9.17, 15) is 5.11 Å². The van der Waals surface area contributed by atoms with E-state index < -0.39 is 5.60 Å². The maximum absolute atomic E-state index is 10.4. The number of guanidine groups is 1. The van der Waals surface area contributed by atoms with Crippen LogP contribution in [-0.4, -0.2) is 30.2 Å². The van der Waals surface area contributed by atoms with Gasteiger partial charge in [-0.1, -0.05) is 13.8 Å². The van der Waals surface area contributed by atoms with Gasteiger partial charge in [0.2, 0.25) is 0 Å². The molecule has 5 nitrogen and oxygen atoms in total. The minimum Gasteiger partial charge on any atom is -0.466 e. The summed E-state index contributed by atoms with van der Waals surface area (Å²) in [4.78, 5) is 4.49. The summed E-state index contributed by atoms with van der Waals surface area (Å²) in [5, 5.41) is 17.1. The Bertz CT molecular complexity index is 445. The third kappa shape index (κ3) is 8.60. The van der Waals surface area contributed by atoms with Crippen LogP contribution in [0.15, 0.2) is 27.8 Å². The minimum absolute atomic E-state index is 0. The molecule has 0 aliphatic rings. The van der Waals surface area contributed by atoms with Gasteiger partial charge in [-0.25, -0.2) is 4.99 Å². The van der Waals surface area contributed by atoms with Gasteiger partial charge in [0.15, 0.2) is 5.96 Å². The van der Waals surface area contributed by atoms with Crippen LogP contribution < -0.4 is 10.6 Å². The van der Waals surface area contributed by atoms with Crippen LogP contribution in [0.5, 0.6) is 0 Å². The summed E-state index contributed by atoms with van der Waals surface area (Å²) in [5.74, 6) is 1.95. The molecule has 2 atom stereocenters. The molecule has 0 aliphatic carbocycles. The molecule has 3 N–H and O–H groups in total. The Morgan fingerprint density at radius 1 is 1.35 bits per heavy atom. The number of aliphatic hydroxyl groups is 1. The van der Waals surface area contributed by atoms with E-state index in [0.29, 0.717) is 17.7 Å². The van der Waals surface area contributed by atoms with Crippen molar-refractivity contribution in [1.29, 1.82) is 0 Å². The zero-order chi connectivity index (χ0) is 16.6. The Balaban J connectivity index is 0.00000484. The predicted molar refractivity (Wildman–Crippen MR) is 106 cm³/mol. The van der Waals surface area contributed by atoms with Crippen LogP contribution in [0.3, 0.4) is 0 Å². The molecule has 0 saturated carbocycles. The Morgan fingerprint density at radius 3 is 2.57 bits per heavy atom. The first-order valence-corrected chi connectivity index (χ1v) is 8.16. The lowest BCUT2D eigenvalue weighted by atomic mass is 10.0. The van der Waals surface area contributed by atoms with E-state index >= 15 is 0 Å². The van der Waals surface area contributed by atoms with Crippen molar-refractivity contribution >= 4 is 29.9 Å². The first-order chi connectivity index (χ1) is 10.3. The number of halogens is 1. The molecule has 0 aliphatic heterocycles. The average molecular weight is 437 g/mol. The Morgan fingerprint density at radius 2 is 2.04 bits per heavy atom. The van der Waals surface area contributed by atoms with Gasteiger partial charge in [0.05, 0.1) is 12.8 Å². The van der Waals surface area contributed by atoms with E-state index in [1.165, 1.54) is 6.42 Å². The molecule has 0 saturated heterocycles. The maximum atomic E-state index is 10.4. The van der Waals surface area contributed by atoms with Crippen molar-refractivity contribution in [3.05, 3.63) is 24.2 Å². The molecule has 1 heterocycles. The van der Waals surface area contributed by atoms with Gasteiger partial charge >= 0.3 is 0 Å². The van der Waals surface area contributed by atoms with Gasteiger partial charge in [0.25, 0.3) is 0 Å². The highest BCUT2D eigenvalue weighted by atomic mass is 127. The highest BCUT2D eigenvalue weighted by Gasteiger charge is 2.26. The van der Waals surface area contributed by atoms with Gasteiger partial charge < -0.3 is 20.2 Å². The molecule has 0 aromatic carbocycles. The first-order valence-electron chi connectivity index (χ1n) is 8.16. The van der Waals surface area contributed by atoms with Crippen LogP contribution in [0.2, 0.25) is 0 Å². The summed E-state index contributed by atoms with van der Waals surface area (Å²) in [5.41, 5.74) is -1.10. The summed E-state index contributed by atoms with van der Waals surface area (Å²) in [6, 6.07) is 3.88. The van der Waals surface area contributed by atoms with Gasteiger partial charge in [0, 0.05) is 12.6 Å². The standard InChI is InChI=1S/C17H31N3O2.HI/c1-6-18-16(20-14(4)10-9-13(2)3)19-12-17(5,21)15-8-7-11-22-15;/h7-8,11,13-14,21H,6,9-10,12H2,1-5H3,(H2,18,19,20);1H. The zero-order valence-corrected chi connectivity index (χ0v) is 17.3. The summed E-state index contributed by atoms with van der Waals surface area (Å²) < 4.78 is 5.28. The fourth-order valence-corrected chi connectivity index (χ4v) is 2.10. The second-order valence-electron chi connectivity index (χ2n) is 6.46. The quantitative estimate of drug-likeness (QED) is 0.331. The van der Waals surface area contributed by atoms with Gasteiger partial charge in [-0.15, -0.1) is 24.0 Å². The molecule has 23 heavy (non-hydrogen) atoms. The summed E-state index contributed by atoms with van der Waals surface area (Å²) in [6.45, 7) is 11.4. The van der Waals surface area contributed by atoms with Gasteiger partial charge in [-0.3, -0.25) is 0 Å². The molecule has 0 fully saturated rings. The second-order valence-corrected chi connectivity index (χ2v) is 6.46. The topological polar surface area (TPSA) is 69.8 Å². The Labute approximate surface area is 157 Å². The van der Waals surface area contributed by atoms with Crippen LogP contribution in [0.25, 0.3) is 0 Å². The van der Waals surface area contributed by atoms with Crippen molar-refractivity contribution in [2.24, 2.45) is 10.9 Å². The molecule has 2 unspecified atom stereocenters. The summed E-state index contributed by atoms with van der Waals surface area (Å²) >= 11 is 0. The molecular formula is C17H32IN3O2. The number of aliphatic imine (C=N–C) groups is 1. The van der Waals surface area contributed by atoms with E-state index in [4.69, 9.17) is 4.42 Å². The molecule has 1 aromatic rings. The minimum atomic E-state index is -1.10. The smallest absolute Gasteiger partial charge is 0.191 e. The average Bonchev–Trinajstić information content (AvgIpc) is 2.98. The molecule has 0 bridgehead atoms. The van der Waals surface area contributed by atoms with E-state index in [1.807, 2.05) is 6.92 Å². The number of nitrogens with one attached hydrogen (secondary N) is 2. The predicted octanol–water partition coefficient (Wildman–Crippen LogP) is 3.48. The van der Waals surface area contributed by atoms with E-state index in [-0.39, 0.29) is 30.5 Å². The number of hydrogen-bond donors (Lipinski definition) is 3. The molecule has 134 valence electrons. The molecule has 1 rings (SSSR count). The lowest BCUT2D eigenvalue weighted by Crippen LogP contribution is -2.43. The Hall–Kier alpha value is -0.760. The largest absolute Gasteiger partial charge is 0.466 e. The molecule has 0 spiro atoms. The van der Waals surface area contributed by atoms with Gasteiger partial charge in [-0.05, 0) is 51.7 Å². The highest BCUT2D eigenvalue weighted by Crippen LogP contribution is 2.21. The summed E-state index contributed by atoms with van der Waals surface area (Å²) in [6.07, 6.45) is 3.83. The van der Waals surface area contributed by atoms with E-state index in [1.54, 1.807) is 25.3 Å². The van der Waals surface area contributed by atoms with Crippen LogP contribution in [-0.2, 0) is 5.60 Å². The molecule has 0 radical (unpaired) electrons. The fraction of sp³-hybridized carbons (Fsp3) is 0.706. The number of hydrogen-bond acceptors (Lipinski definition) is 3. The molecular weight excluding hydrogens is 405 g/mol. The van der Waals surface area contributed by atoms with Gasteiger partial charge in [-0.2, -0.15) is 0 Å². The van der Waals surface area contributed by atoms with Crippen LogP contribution in [0.4, 0.5) is 0 Å². The molecule has 0 amide bonds. The number of nitrogens with zero attached hydrogens (tertiary/aromatic N) is 1. The summed E-state index contributed by atoms with van der Waals surface area (Å²) in [7, 11) is 0. The van der Waals surface area contributed by atoms with Crippen LogP contribution in [0, 0.1) is 5.92 Å². The zero-order valence-electron chi connectivity index (χ0n) is 14.9. The first kappa shape index (κ1) is 22.2. The van der Waals surface area contributed by atoms with Crippen LogP contribution in [0.1, 0.15) is 53.2 Å². The van der Waals surface area contributed by atoms with E-state index in [2.05, 4.69) is 36.4 Å². The number of furan rings is 1. The van der Waals surface area contributed by atoms with Crippen molar-refractivity contribution in [2.45, 2.75) is 59.1 Å². The molecule has 6 heteroatoms. The third-order valence-corrected chi connectivity index (χ3v) is 3.50. The highest BCUT2D eigenvalue weighted by molar-refractivity contribution is 14.0. The van der Waals surface area contributed by atoms with Gasteiger partial charge in [0.1, 0.15) is 11.4 Å². The van der Waals surface area contributed by atoms with Crippen molar-refractivity contribution in [3.8, 4) is 0 Å². The maximum Gasteiger partial charge on any atom is 0.191 e. The lowest BCUT2D eigenvalue weighted by Gasteiger charge is -2.22. The lowest BCUT2D eigenvalue weighted by molar-refractivity contribution is 0.0436. The molecule has 1 aromatic heterocycles. The SMILES string of the molecule is CCNC(=NCC(C)(O)c1ccco1)NC(C)CCC(C)C.I. The van der Waals surface area contributed by atoms with Crippen LogP contribution >= 0.6 is 24.0 Å². The van der Waals surface area contributed by atoms with E-state index in [0.717, 1.165) is 18.9 Å². The van der Waals surface area contributed by atoms with Crippen molar-refractivity contribution in [1.82, 2.24) is 10.6 Å². The fourth-order valence-electron chi connectivity index (χ4n) is 2.10. The van der Waals surface area contributed by atoms with Crippen molar-refractivity contribution in [3.63, 3.8) is 0 Å². The van der Waals surface area contributed by atoms with Crippen molar-refractivity contribution in [2.75, 3.05) is 13.1 Å². The normalized spacial score (nSPS) is 15.7. The second kappa shape index (κ2) is 10.9. The van der Waals surface area contributed by atoms with Crippen molar-refractivity contribution < 1.29 is 9.52 Å². The Kier molecular flexibility index (Phi) is 10.6. The number of rotatable bonds is 8. The monoisotopic (exact) mass is 437 g/mol.